The molecule has 6 heteroatoms. The van der Waals surface area contributed by atoms with Crippen molar-refractivity contribution < 1.29 is 9.53 Å². The van der Waals surface area contributed by atoms with Crippen LogP contribution in [0.4, 0.5) is 0 Å². The number of ether oxygens (including phenoxy) is 1. The number of hydrogen-bond donors (Lipinski definition) is 3. The Morgan fingerprint density at radius 1 is 1.28 bits per heavy atom. The maximum atomic E-state index is 11.9. The van der Waals surface area contributed by atoms with E-state index in [1.54, 1.807) is 0 Å². The van der Waals surface area contributed by atoms with Gasteiger partial charge in [0, 0.05) is 25.0 Å². The molecule has 1 aliphatic rings. The number of nitrogens with one attached hydrogen (secondary N) is 3. The minimum absolute atomic E-state index is 0.0803. The zero-order valence-corrected chi connectivity index (χ0v) is 15.7. The summed E-state index contributed by atoms with van der Waals surface area (Å²) in [7, 11) is 0. The van der Waals surface area contributed by atoms with Crippen LogP contribution in [0.3, 0.4) is 0 Å². The molecule has 1 heterocycles. The van der Waals surface area contributed by atoms with Crippen LogP contribution < -0.4 is 20.7 Å². The lowest BCUT2D eigenvalue weighted by Gasteiger charge is -2.20. The fraction of sp³-hybridized carbons (Fsp3) is 0.579. The second-order valence-corrected chi connectivity index (χ2v) is 7.21. The summed E-state index contributed by atoms with van der Waals surface area (Å²) in [4.78, 5) is 16.2. The number of hydrogen-bond acceptors (Lipinski definition) is 3. The van der Waals surface area contributed by atoms with Crippen LogP contribution in [0.5, 0.6) is 5.75 Å². The first-order chi connectivity index (χ1) is 11.9. The Labute approximate surface area is 150 Å². The summed E-state index contributed by atoms with van der Waals surface area (Å²) in [6.07, 6.45) is 1.88. The van der Waals surface area contributed by atoms with Gasteiger partial charge < -0.3 is 20.7 Å². The monoisotopic (exact) mass is 346 g/mol. The molecule has 1 aromatic rings. The molecular weight excluding hydrogens is 316 g/mol. The highest BCUT2D eigenvalue weighted by molar-refractivity contribution is 5.85. The van der Waals surface area contributed by atoms with Crippen molar-refractivity contribution in [3.63, 3.8) is 0 Å². The third-order valence-corrected chi connectivity index (χ3v) is 3.70. The van der Waals surface area contributed by atoms with Gasteiger partial charge in [-0.25, -0.2) is 4.99 Å². The highest BCUT2D eigenvalue weighted by atomic mass is 16.5. The van der Waals surface area contributed by atoms with E-state index in [1.807, 2.05) is 33.8 Å². The van der Waals surface area contributed by atoms with Gasteiger partial charge in [-0.15, -0.1) is 0 Å². The van der Waals surface area contributed by atoms with Crippen molar-refractivity contribution in [2.75, 3.05) is 26.2 Å². The SMILES string of the molecule is CCNC(=NCC(=O)NC(C)(C)C)NCCc1ccc2c(c1)CCO2. The predicted molar refractivity (Wildman–Crippen MR) is 101 cm³/mol. The number of carbonyl (C=O) groups is 1. The van der Waals surface area contributed by atoms with Crippen molar-refractivity contribution in [1.82, 2.24) is 16.0 Å². The zero-order chi connectivity index (χ0) is 18.3. The van der Waals surface area contributed by atoms with Gasteiger partial charge in [0.25, 0.3) is 0 Å². The van der Waals surface area contributed by atoms with Crippen molar-refractivity contribution in [1.29, 1.82) is 0 Å². The highest BCUT2D eigenvalue weighted by Crippen LogP contribution is 2.25. The van der Waals surface area contributed by atoms with Crippen LogP contribution in [-0.4, -0.2) is 43.6 Å². The van der Waals surface area contributed by atoms with Gasteiger partial charge in [0.1, 0.15) is 12.3 Å². The van der Waals surface area contributed by atoms with E-state index in [0.29, 0.717) is 5.96 Å². The Balaban J connectivity index is 1.82. The molecule has 0 aromatic heterocycles. The summed E-state index contributed by atoms with van der Waals surface area (Å²) in [5, 5.41) is 9.36. The average molecular weight is 346 g/mol. The Kier molecular flexibility index (Phi) is 6.67. The van der Waals surface area contributed by atoms with Gasteiger partial charge in [-0.05, 0) is 51.3 Å². The van der Waals surface area contributed by atoms with Crippen molar-refractivity contribution in [3.8, 4) is 5.75 Å². The van der Waals surface area contributed by atoms with Crippen LogP contribution in [0.2, 0.25) is 0 Å². The Bertz CT molecular complexity index is 620. The lowest BCUT2D eigenvalue weighted by atomic mass is 10.1. The van der Waals surface area contributed by atoms with Gasteiger partial charge in [0.2, 0.25) is 5.91 Å². The van der Waals surface area contributed by atoms with Gasteiger partial charge in [-0.2, -0.15) is 0 Å². The summed E-state index contributed by atoms with van der Waals surface area (Å²) in [6.45, 7) is 10.3. The van der Waals surface area contributed by atoms with E-state index in [1.165, 1.54) is 11.1 Å². The predicted octanol–water partition coefficient (Wildman–Crippen LogP) is 1.63. The molecule has 1 aliphatic heterocycles. The second kappa shape index (κ2) is 8.74. The standard InChI is InChI=1S/C19H30N4O2/c1-5-20-18(22-13-17(24)23-19(2,3)4)21-10-8-14-6-7-16-15(12-14)9-11-25-16/h6-7,12H,5,8-11,13H2,1-4H3,(H,23,24)(H2,20,21,22). The maximum absolute atomic E-state index is 11.9. The van der Waals surface area contributed by atoms with Gasteiger partial charge in [-0.1, -0.05) is 12.1 Å². The molecular formula is C19H30N4O2. The minimum atomic E-state index is -0.240. The number of rotatable bonds is 6. The fourth-order valence-corrected chi connectivity index (χ4v) is 2.67. The Morgan fingerprint density at radius 2 is 2.08 bits per heavy atom. The number of carbonyl (C=O) groups excluding carboxylic acids is 1. The molecule has 0 aliphatic carbocycles. The summed E-state index contributed by atoms with van der Waals surface area (Å²) in [6, 6.07) is 6.37. The zero-order valence-electron chi connectivity index (χ0n) is 15.7. The van der Waals surface area contributed by atoms with Gasteiger partial charge in [-0.3, -0.25) is 4.79 Å². The normalized spacial score (nSPS) is 13.8. The van der Waals surface area contributed by atoms with E-state index < -0.39 is 0 Å². The first kappa shape index (κ1) is 19.1. The van der Waals surface area contributed by atoms with Crippen LogP contribution in [0.15, 0.2) is 23.2 Å². The van der Waals surface area contributed by atoms with E-state index in [2.05, 4.69) is 33.1 Å². The quantitative estimate of drug-likeness (QED) is 0.541. The van der Waals surface area contributed by atoms with Crippen molar-refractivity contribution in [2.24, 2.45) is 4.99 Å². The van der Waals surface area contributed by atoms with Crippen LogP contribution in [0.1, 0.15) is 38.8 Å². The fourth-order valence-electron chi connectivity index (χ4n) is 2.67. The maximum Gasteiger partial charge on any atom is 0.242 e. The van der Waals surface area contributed by atoms with Crippen LogP contribution >= 0.6 is 0 Å². The largest absolute Gasteiger partial charge is 0.493 e. The molecule has 0 bridgehead atoms. The molecule has 1 aromatic carbocycles. The molecule has 138 valence electrons. The van der Waals surface area contributed by atoms with Crippen LogP contribution in [0.25, 0.3) is 0 Å². The third kappa shape index (κ3) is 6.64. The number of amides is 1. The molecule has 0 fully saturated rings. The number of benzene rings is 1. The molecule has 6 nitrogen and oxygen atoms in total. The number of fused-ring (bicyclic) bond motifs is 1. The summed E-state index contributed by atoms with van der Waals surface area (Å²) < 4.78 is 5.53. The minimum Gasteiger partial charge on any atom is -0.493 e. The van der Waals surface area contributed by atoms with Crippen molar-refractivity contribution in [2.45, 2.75) is 46.1 Å². The molecule has 0 unspecified atom stereocenters. The Hall–Kier alpha value is -2.24. The molecule has 0 saturated heterocycles. The second-order valence-electron chi connectivity index (χ2n) is 7.21. The van der Waals surface area contributed by atoms with E-state index in [0.717, 1.165) is 38.3 Å². The summed E-state index contributed by atoms with van der Waals surface area (Å²) in [5.41, 5.74) is 2.32. The molecule has 0 saturated carbocycles. The van der Waals surface area contributed by atoms with E-state index in [-0.39, 0.29) is 18.0 Å². The lowest BCUT2D eigenvalue weighted by molar-refractivity contribution is -0.121. The average Bonchev–Trinajstić information content (AvgIpc) is 2.98. The Morgan fingerprint density at radius 3 is 2.80 bits per heavy atom. The van der Waals surface area contributed by atoms with Crippen LogP contribution in [-0.2, 0) is 17.6 Å². The molecule has 25 heavy (non-hydrogen) atoms. The molecule has 0 spiro atoms. The summed E-state index contributed by atoms with van der Waals surface area (Å²) in [5.74, 6) is 1.59. The first-order valence-corrected chi connectivity index (χ1v) is 8.95. The highest BCUT2D eigenvalue weighted by Gasteiger charge is 2.13. The molecule has 2 rings (SSSR count). The summed E-state index contributed by atoms with van der Waals surface area (Å²) >= 11 is 0. The van der Waals surface area contributed by atoms with Gasteiger partial charge >= 0.3 is 0 Å². The van der Waals surface area contributed by atoms with E-state index >= 15 is 0 Å². The number of guanidine groups is 1. The van der Waals surface area contributed by atoms with Crippen LogP contribution in [0, 0.1) is 0 Å². The number of aliphatic imine (C=N–C) groups is 1. The van der Waals surface area contributed by atoms with Gasteiger partial charge in [0.05, 0.1) is 6.61 Å². The third-order valence-electron chi connectivity index (χ3n) is 3.70. The molecule has 3 N–H and O–H groups in total. The van der Waals surface area contributed by atoms with Crippen molar-refractivity contribution >= 4 is 11.9 Å². The topological polar surface area (TPSA) is 74.8 Å². The van der Waals surface area contributed by atoms with E-state index in [9.17, 15) is 4.79 Å². The molecule has 1 amide bonds. The van der Waals surface area contributed by atoms with Gasteiger partial charge in [0.15, 0.2) is 5.96 Å². The lowest BCUT2D eigenvalue weighted by Crippen LogP contribution is -2.43. The van der Waals surface area contributed by atoms with Crippen molar-refractivity contribution in [3.05, 3.63) is 29.3 Å². The first-order valence-electron chi connectivity index (χ1n) is 8.95. The molecule has 0 radical (unpaired) electrons. The number of nitrogens with zero attached hydrogens (tertiary/aromatic N) is 1. The smallest absolute Gasteiger partial charge is 0.242 e. The van der Waals surface area contributed by atoms with E-state index in [4.69, 9.17) is 4.74 Å². The molecule has 0 atom stereocenters.